The molecule has 5 heteroatoms. The van der Waals surface area contributed by atoms with E-state index in [1.807, 2.05) is 37.0 Å². The fourth-order valence-electron chi connectivity index (χ4n) is 2.41. The molecule has 3 rings (SSSR count). The molecule has 1 aromatic heterocycles. The van der Waals surface area contributed by atoms with Gasteiger partial charge in [0.1, 0.15) is 17.4 Å². The number of hydrogen-bond donors (Lipinski definition) is 1. The molecule has 102 valence electrons. The van der Waals surface area contributed by atoms with Crippen molar-refractivity contribution in [2.45, 2.75) is 12.1 Å². The van der Waals surface area contributed by atoms with Crippen LogP contribution in [-0.2, 0) is 0 Å². The molecular formula is C14H16ClNO2S. The molecule has 2 atom stereocenters. The van der Waals surface area contributed by atoms with Gasteiger partial charge in [0.05, 0.1) is 6.04 Å². The highest BCUT2D eigenvalue weighted by atomic mass is 35.5. The minimum atomic E-state index is -0.594. The van der Waals surface area contributed by atoms with E-state index < -0.39 is 6.10 Å². The first-order chi connectivity index (χ1) is 9.15. The first kappa shape index (κ1) is 13.3. The fraction of sp³-hybridized carbons (Fsp3) is 0.429. The van der Waals surface area contributed by atoms with Gasteiger partial charge in [0.2, 0.25) is 0 Å². The maximum Gasteiger partial charge on any atom is 0.135 e. The molecule has 19 heavy (non-hydrogen) atoms. The van der Waals surface area contributed by atoms with Crippen molar-refractivity contribution < 1.29 is 9.52 Å². The summed E-state index contributed by atoms with van der Waals surface area (Å²) in [5.41, 5.74) is 0.768. The predicted molar refractivity (Wildman–Crippen MR) is 79.9 cm³/mol. The van der Waals surface area contributed by atoms with Crippen LogP contribution in [0.3, 0.4) is 0 Å². The quantitative estimate of drug-likeness (QED) is 0.924. The number of hydrogen-bond acceptors (Lipinski definition) is 4. The van der Waals surface area contributed by atoms with Crippen molar-refractivity contribution in [1.82, 2.24) is 4.90 Å². The van der Waals surface area contributed by atoms with Crippen LogP contribution in [0.5, 0.6) is 0 Å². The Morgan fingerprint density at radius 2 is 2.32 bits per heavy atom. The first-order valence-corrected chi connectivity index (χ1v) is 7.83. The van der Waals surface area contributed by atoms with Crippen LogP contribution in [0.25, 0.3) is 11.0 Å². The van der Waals surface area contributed by atoms with Crippen molar-refractivity contribution >= 4 is 34.3 Å². The molecule has 2 heterocycles. The van der Waals surface area contributed by atoms with Gasteiger partial charge in [0, 0.05) is 28.5 Å². The Hall–Kier alpha value is -0.680. The number of furan rings is 1. The van der Waals surface area contributed by atoms with E-state index >= 15 is 0 Å². The third kappa shape index (κ3) is 2.63. The van der Waals surface area contributed by atoms with Gasteiger partial charge >= 0.3 is 0 Å². The molecule has 1 aliphatic heterocycles. The van der Waals surface area contributed by atoms with E-state index in [1.165, 1.54) is 0 Å². The van der Waals surface area contributed by atoms with E-state index in [2.05, 4.69) is 4.90 Å². The number of aliphatic hydroxyl groups is 1. The summed E-state index contributed by atoms with van der Waals surface area (Å²) in [6.45, 7) is 0.998. The number of nitrogens with zero attached hydrogens (tertiary/aromatic N) is 1. The van der Waals surface area contributed by atoms with Crippen LogP contribution in [0.15, 0.2) is 28.7 Å². The van der Waals surface area contributed by atoms with E-state index in [-0.39, 0.29) is 6.04 Å². The SMILES string of the molecule is CN1CCSCC1C(O)c1cc2cc(Cl)ccc2o1. The van der Waals surface area contributed by atoms with Crippen LogP contribution in [0.1, 0.15) is 11.9 Å². The van der Waals surface area contributed by atoms with Crippen molar-refractivity contribution in [3.63, 3.8) is 0 Å². The smallest absolute Gasteiger partial charge is 0.135 e. The van der Waals surface area contributed by atoms with Crippen molar-refractivity contribution in [1.29, 1.82) is 0 Å². The summed E-state index contributed by atoms with van der Waals surface area (Å²) < 4.78 is 5.74. The summed E-state index contributed by atoms with van der Waals surface area (Å²) in [6.07, 6.45) is -0.594. The van der Waals surface area contributed by atoms with Crippen LogP contribution >= 0.6 is 23.4 Å². The highest BCUT2D eigenvalue weighted by molar-refractivity contribution is 7.99. The Labute approximate surface area is 121 Å². The van der Waals surface area contributed by atoms with E-state index in [9.17, 15) is 5.11 Å². The molecule has 1 N–H and O–H groups in total. The molecule has 0 saturated carbocycles. The standard InChI is InChI=1S/C14H16ClNO2S/c1-16-4-5-19-8-11(16)14(17)13-7-9-6-10(15)2-3-12(9)18-13/h2-3,6-7,11,14,17H,4-5,8H2,1H3. The van der Waals surface area contributed by atoms with Gasteiger partial charge in [-0.05, 0) is 31.3 Å². The third-order valence-electron chi connectivity index (χ3n) is 3.60. The van der Waals surface area contributed by atoms with Crippen LogP contribution < -0.4 is 0 Å². The summed E-state index contributed by atoms with van der Waals surface area (Å²) in [5, 5.41) is 12.1. The number of thioether (sulfide) groups is 1. The lowest BCUT2D eigenvalue weighted by Gasteiger charge is -2.34. The minimum Gasteiger partial charge on any atom is -0.458 e. The number of likely N-dealkylation sites (N-methyl/N-ethyl adjacent to an activating group) is 1. The molecule has 1 aliphatic rings. The van der Waals surface area contributed by atoms with Gasteiger partial charge in [-0.1, -0.05) is 11.6 Å². The molecule has 0 bridgehead atoms. The Bertz CT molecular complexity index is 586. The molecule has 2 aromatic rings. The van der Waals surface area contributed by atoms with Gasteiger partial charge in [0.15, 0.2) is 0 Å². The summed E-state index contributed by atoms with van der Waals surface area (Å²) in [7, 11) is 2.05. The second kappa shape index (κ2) is 5.37. The fourth-order valence-corrected chi connectivity index (χ4v) is 3.85. The number of aliphatic hydroxyl groups excluding tert-OH is 1. The van der Waals surface area contributed by atoms with E-state index in [0.29, 0.717) is 10.8 Å². The van der Waals surface area contributed by atoms with Gasteiger partial charge in [0.25, 0.3) is 0 Å². The van der Waals surface area contributed by atoms with Crippen molar-refractivity contribution in [3.8, 4) is 0 Å². The van der Waals surface area contributed by atoms with Crippen molar-refractivity contribution in [2.24, 2.45) is 0 Å². The van der Waals surface area contributed by atoms with Gasteiger partial charge in [-0.3, -0.25) is 4.90 Å². The topological polar surface area (TPSA) is 36.6 Å². The number of benzene rings is 1. The van der Waals surface area contributed by atoms with Gasteiger partial charge in [-0.25, -0.2) is 0 Å². The molecular weight excluding hydrogens is 282 g/mol. The number of halogens is 1. The van der Waals surface area contributed by atoms with Crippen LogP contribution in [-0.4, -0.2) is 41.1 Å². The highest BCUT2D eigenvalue weighted by Crippen LogP contribution is 2.31. The third-order valence-corrected chi connectivity index (χ3v) is 4.88. The van der Waals surface area contributed by atoms with Gasteiger partial charge in [-0.2, -0.15) is 11.8 Å². The monoisotopic (exact) mass is 297 g/mol. The Kier molecular flexibility index (Phi) is 3.76. The molecule has 0 amide bonds. The zero-order valence-corrected chi connectivity index (χ0v) is 12.2. The van der Waals surface area contributed by atoms with E-state index in [4.69, 9.17) is 16.0 Å². The zero-order valence-electron chi connectivity index (χ0n) is 10.7. The maximum absolute atomic E-state index is 10.5. The Morgan fingerprint density at radius 3 is 3.11 bits per heavy atom. The van der Waals surface area contributed by atoms with Crippen LogP contribution in [0.4, 0.5) is 0 Å². The first-order valence-electron chi connectivity index (χ1n) is 6.30. The summed E-state index contributed by atoms with van der Waals surface area (Å²) >= 11 is 7.84. The predicted octanol–water partition coefficient (Wildman–Crippen LogP) is 3.17. The van der Waals surface area contributed by atoms with E-state index in [1.54, 1.807) is 6.07 Å². The molecule has 0 aliphatic carbocycles. The molecule has 1 fully saturated rings. The molecule has 0 radical (unpaired) electrons. The normalized spacial score (nSPS) is 22.8. The van der Waals surface area contributed by atoms with Crippen molar-refractivity contribution in [2.75, 3.05) is 25.1 Å². The van der Waals surface area contributed by atoms with Crippen LogP contribution in [0, 0.1) is 0 Å². The molecule has 2 unspecified atom stereocenters. The summed E-state index contributed by atoms with van der Waals surface area (Å²) in [5.74, 6) is 2.67. The van der Waals surface area contributed by atoms with E-state index in [0.717, 1.165) is 29.0 Å². The molecule has 0 spiro atoms. The maximum atomic E-state index is 10.5. The zero-order chi connectivity index (χ0) is 13.4. The largest absolute Gasteiger partial charge is 0.458 e. The highest BCUT2D eigenvalue weighted by Gasteiger charge is 2.29. The average Bonchev–Trinajstić information content (AvgIpc) is 2.81. The minimum absolute atomic E-state index is 0.106. The number of rotatable bonds is 2. The second-order valence-corrected chi connectivity index (χ2v) is 6.48. The lowest BCUT2D eigenvalue weighted by Crippen LogP contribution is -2.43. The van der Waals surface area contributed by atoms with Gasteiger partial charge in [-0.15, -0.1) is 0 Å². The summed E-state index contributed by atoms with van der Waals surface area (Å²) in [4.78, 5) is 2.20. The lowest BCUT2D eigenvalue weighted by atomic mass is 10.1. The van der Waals surface area contributed by atoms with Crippen molar-refractivity contribution in [3.05, 3.63) is 35.0 Å². The molecule has 3 nitrogen and oxygen atoms in total. The Morgan fingerprint density at radius 1 is 1.47 bits per heavy atom. The summed E-state index contributed by atoms with van der Waals surface area (Å²) in [6, 6.07) is 7.49. The Balaban J connectivity index is 1.90. The number of fused-ring (bicyclic) bond motifs is 1. The second-order valence-electron chi connectivity index (χ2n) is 4.90. The van der Waals surface area contributed by atoms with Gasteiger partial charge < -0.3 is 9.52 Å². The lowest BCUT2D eigenvalue weighted by molar-refractivity contribution is 0.0602. The average molecular weight is 298 g/mol. The molecule has 1 saturated heterocycles. The van der Waals surface area contributed by atoms with Crippen LogP contribution in [0.2, 0.25) is 5.02 Å². The molecule has 1 aromatic carbocycles.